The summed E-state index contributed by atoms with van der Waals surface area (Å²) in [5.41, 5.74) is 1.92. The van der Waals surface area contributed by atoms with Gasteiger partial charge >= 0.3 is 0 Å². The van der Waals surface area contributed by atoms with Crippen LogP contribution in [-0.2, 0) is 16.4 Å². The Bertz CT molecular complexity index is 702. The molecule has 2 N–H and O–H groups in total. The fraction of sp³-hybridized carbons (Fsp3) is 0.562. The molecule has 6 nitrogen and oxygen atoms in total. The summed E-state index contributed by atoms with van der Waals surface area (Å²) in [6.07, 6.45) is 1.93. The van der Waals surface area contributed by atoms with Crippen molar-refractivity contribution < 1.29 is 8.42 Å². The van der Waals surface area contributed by atoms with Crippen LogP contribution in [0, 0.1) is 5.92 Å². The minimum Gasteiger partial charge on any atom is -0.355 e. The van der Waals surface area contributed by atoms with E-state index >= 15 is 0 Å². The maximum absolute atomic E-state index is 12.6. The Balaban J connectivity index is 1.55. The predicted octanol–water partition coefficient (Wildman–Crippen LogP) is 0.952. The number of aliphatic imine (C=N–C) groups is 1. The summed E-state index contributed by atoms with van der Waals surface area (Å²) in [6, 6.07) is 8.16. The first-order valence-electron chi connectivity index (χ1n) is 8.07. The molecule has 0 spiro atoms. The SMILES string of the molecule is CN=C(NCCS(=O)(=O)N1CCc2ccccc21)NC1CC1C. The predicted molar refractivity (Wildman–Crippen MR) is 93.3 cm³/mol. The molecule has 1 saturated carbocycles. The number of rotatable bonds is 5. The van der Waals surface area contributed by atoms with Crippen LogP contribution in [0.4, 0.5) is 5.69 Å². The molecule has 0 bridgehead atoms. The summed E-state index contributed by atoms with van der Waals surface area (Å²) in [7, 11) is -1.61. The molecule has 23 heavy (non-hydrogen) atoms. The highest BCUT2D eigenvalue weighted by Crippen LogP contribution is 2.30. The van der Waals surface area contributed by atoms with Gasteiger partial charge in [0.1, 0.15) is 0 Å². The van der Waals surface area contributed by atoms with Gasteiger partial charge in [-0.15, -0.1) is 0 Å². The van der Waals surface area contributed by atoms with Gasteiger partial charge in [-0.1, -0.05) is 25.1 Å². The smallest absolute Gasteiger partial charge is 0.236 e. The van der Waals surface area contributed by atoms with E-state index in [1.165, 1.54) is 4.31 Å². The molecule has 1 aromatic rings. The Labute approximate surface area is 138 Å². The third kappa shape index (κ3) is 3.60. The van der Waals surface area contributed by atoms with E-state index in [0.29, 0.717) is 31.0 Å². The molecule has 1 aliphatic heterocycles. The Morgan fingerprint density at radius 2 is 2.13 bits per heavy atom. The van der Waals surface area contributed by atoms with Crippen LogP contribution in [0.2, 0.25) is 0 Å². The summed E-state index contributed by atoms with van der Waals surface area (Å²) < 4.78 is 26.7. The molecule has 2 atom stereocenters. The van der Waals surface area contributed by atoms with Crippen LogP contribution in [0.3, 0.4) is 0 Å². The second-order valence-electron chi connectivity index (χ2n) is 6.23. The van der Waals surface area contributed by atoms with Crippen molar-refractivity contribution in [3.63, 3.8) is 0 Å². The van der Waals surface area contributed by atoms with Gasteiger partial charge < -0.3 is 10.6 Å². The monoisotopic (exact) mass is 336 g/mol. The van der Waals surface area contributed by atoms with Crippen molar-refractivity contribution in [2.24, 2.45) is 10.9 Å². The minimum absolute atomic E-state index is 0.0578. The summed E-state index contributed by atoms with van der Waals surface area (Å²) in [6.45, 7) is 3.07. The van der Waals surface area contributed by atoms with Gasteiger partial charge in [-0.05, 0) is 30.4 Å². The summed E-state index contributed by atoms with van der Waals surface area (Å²) >= 11 is 0. The van der Waals surface area contributed by atoms with Crippen molar-refractivity contribution in [2.75, 3.05) is 30.2 Å². The summed E-state index contributed by atoms with van der Waals surface area (Å²) in [5.74, 6) is 1.40. The van der Waals surface area contributed by atoms with Gasteiger partial charge in [-0.2, -0.15) is 0 Å². The van der Waals surface area contributed by atoms with E-state index in [9.17, 15) is 8.42 Å². The number of sulfonamides is 1. The molecule has 126 valence electrons. The van der Waals surface area contributed by atoms with Gasteiger partial charge in [0.25, 0.3) is 0 Å². The largest absolute Gasteiger partial charge is 0.355 e. The summed E-state index contributed by atoms with van der Waals surface area (Å²) in [5, 5.41) is 6.39. The van der Waals surface area contributed by atoms with E-state index in [0.717, 1.165) is 24.1 Å². The number of fused-ring (bicyclic) bond motifs is 1. The number of hydrogen-bond donors (Lipinski definition) is 2. The normalized spacial score (nSPS) is 23.6. The standard InChI is InChI=1S/C16H24N4O2S/c1-12-11-14(12)19-16(17-2)18-8-10-23(21,22)20-9-7-13-5-3-4-6-15(13)20/h3-6,12,14H,7-11H2,1-2H3,(H2,17,18,19). The van der Waals surface area contributed by atoms with Crippen molar-refractivity contribution in [1.29, 1.82) is 0 Å². The first-order valence-corrected chi connectivity index (χ1v) is 9.67. The third-order valence-corrected chi connectivity index (χ3v) is 6.26. The molecule has 3 rings (SSSR count). The zero-order valence-corrected chi connectivity index (χ0v) is 14.4. The van der Waals surface area contributed by atoms with Gasteiger partial charge in [0.05, 0.1) is 11.4 Å². The molecule has 1 fully saturated rings. The van der Waals surface area contributed by atoms with Crippen LogP contribution >= 0.6 is 0 Å². The average Bonchev–Trinajstić information content (AvgIpc) is 3.05. The van der Waals surface area contributed by atoms with Crippen molar-refractivity contribution >= 4 is 21.7 Å². The third-order valence-electron chi connectivity index (χ3n) is 4.49. The lowest BCUT2D eigenvalue weighted by atomic mass is 10.2. The van der Waals surface area contributed by atoms with Gasteiger partial charge in [-0.3, -0.25) is 9.30 Å². The molecule has 1 aromatic carbocycles. The first-order chi connectivity index (χ1) is 11.0. The van der Waals surface area contributed by atoms with E-state index in [1.807, 2.05) is 24.3 Å². The number of benzene rings is 1. The molecular weight excluding hydrogens is 312 g/mol. The molecule has 1 aliphatic carbocycles. The van der Waals surface area contributed by atoms with Crippen LogP contribution in [0.1, 0.15) is 18.9 Å². The second-order valence-corrected chi connectivity index (χ2v) is 8.24. The maximum Gasteiger partial charge on any atom is 0.236 e. The van der Waals surface area contributed by atoms with Crippen molar-refractivity contribution in [2.45, 2.75) is 25.8 Å². The van der Waals surface area contributed by atoms with Crippen LogP contribution in [-0.4, -0.2) is 46.3 Å². The molecule has 0 saturated heterocycles. The Morgan fingerprint density at radius 3 is 2.83 bits per heavy atom. The summed E-state index contributed by atoms with van der Waals surface area (Å²) in [4.78, 5) is 4.14. The van der Waals surface area contributed by atoms with Crippen LogP contribution < -0.4 is 14.9 Å². The highest BCUT2D eigenvalue weighted by molar-refractivity contribution is 7.92. The zero-order valence-electron chi connectivity index (χ0n) is 13.6. The molecule has 0 radical (unpaired) electrons. The van der Waals surface area contributed by atoms with E-state index in [4.69, 9.17) is 0 Å². The molecule has 0 aromatic heterocycles. The maximum atomic E-state index is 12.6. The molecule has 1 heterocycles. The van der Waals surface area contributed by atoms with Crippen molar-refractivity contribution in [3.05, 3.63) is 29.8 Å². The minimum atomic E-state index is -3.31. The highest BCUT2D eigenvalue weighted by Gasteiger charge is 2.33. The van der Waals surface area contributed by atoms with Crippen molar-refractivity contribution in [1.82, 2.24) is 10.6 Å². The van der Waals surface area contributed by atoms with Gasteiger partial charge in [-0.25, -0.2) is 8.42 Å². The zero-order chi connectivity index (χ0) is 16.4. The number of nitrogens with zero attached hydrogens (tertiary/aromatic N) is 2. The van der Waals surface area contributed by atoms with Gasteiger partial charge in [0.15, 0.2) is 5.96 Å². The Kier molecular flexibility index (Phi) is 4.48. The van der Waals surface area contributed by atoms with E-state index in [1.54, 1.807) is 7.05 Å². The number of hydrogen-bond acceptors (Lipinski definition) is 3. The van der Waals surface area contributed by atoms with Crippen LogP contribution in [0.15, 0.2) is 29.3 Å². The Hall–Kier alpha value is -1.76. The molecule has 0 amide bonds. The molecule has 2 aliphatic rings. The van der Waals surface area contributed by atoms with Crippen LogP contribution in [0.5, 0.6) is 0 Å². The average molecular weight is 336 g/mol. The van der Waals surface area contributed by atoms with E-state index in [2.05, 4.69) is 22.5 Å². The number of guanidine groups is 1. The van der Waals surface area contributed by atoms with Gasteiger partial charge in [0.2, 0.25) is 10.0 Å². The van der Waals surface area contributed by atoms with E-state index < -0.39 is 10.0 Å². The molecule has 7 heteroatoms. The number of anilines is 1. The van der Waals surface area contributed by atoms with E-state index in [-0.39, 0.29) is 5.75 Å². The lowest BCUT2D eigenvalue weighted by molar-refractivity contribution is 0.590. The Morgan fingerprint density at radius 1 is 1.39 bits per heavy atom. The second kappa shape index (κ2) is 6.39. The number of nitrogens with one attached hydrogen (secondary N) is 2. The number of para-hydroxylation sites is 1. The highest BCUT2D eigenvalue weighted by atomic mass is 32.2. The fourth-order valence-electron chi connectivity index (χ4n) is 2.90. The van der Waals surface area contributed by atoms with Crippen molar-refractivity contribution in [3.8, 4) is 0 Å². The lowest BCUT2D eigenvalue weighted by Gasteiger charge is -2.20. The fourth-order valence-corrected chi connectivity index (χ4v) is 4.33. The van der Waals surface area contributed by atoms with Gasteiger partial charge in [0, 0.05) is 26.2 Å². The molecular formula is C16H24N4O2S. The molecule has 2 unspecified atom stereocenters. The van der Waals surface area contributed by atoms with Crippen LogP contribution in [0.25, 0.3) is 0 Å². The topological polar surface area (TPSA) is 73.8 Å². The lowest BCUT2D eigenvalue weighted by Crippen LogP contribution is -2.43. The quantitative estimate of drug-likeness (QED) is 0.620. The first kappa shape index (κ1) is 16.1.